The Labute approximate surface area is 105 Å². The molecule has 6 nitrogen and oxygen atoms in total. The van der Waals surface area contributed by atoms with Crippen molar-refractivity contribution < 1.29 is 9.59 Å². The largest absolute Gasteiger partial charge is 0.331 e. The fourth-order valence-corrected chi connectivity index (χ4v) is 1.71. The first kappa shape index (κ1) is 12.6. The molecule has 0 bridgehead atoms. The molecule has 0 aliphatic heterocycles. The monoisotopic (exact) mass is 248 g/mol. The van der Waals surface area contributed by atoms with Crippen LogP contribution < -0.4 is 5.73 Å². The smallest absolute Gasteiger partial charge is 0.239 e. The van der Waals surface area contributed by atoms with Gasteiger partial charge in [0.15, 0.2) is 0 Å². The number of ketones is 1. The van der Waals surface area contributed by atoms with Crippen molar-refractivity contribution in [3.05, 3.63) is 24.3 Å². The number of amides is 1. The van der Waals surface area contributed by atoms with Crippen LogP contribution in [0.4, 0.5) is 0 Å². The summed E-state index contributed by atoms with van der Waals surface area (Å²) < 4.78 is 0. The number of nitrogens with two attached hydrogens (primary N) is 1. The maximum absolute atomic E-state index is 12.0. The molecule has 6 heteroatoms. The van der Waals surface area contributed by atoms with Crippen molar-refractivity contribution in [1.29, 1.82) is 0 Å². The highest BCUT2D eigenvalue weighted by Crippen LogP contribution is 2.27. The third-order valence-electron chi connectivity index (χ3n) is 2.82. The summed E-state index contributed by atoms with van der Waals surface area (Å²) in [6.45, 7) is 1.66. The molecule has 1 aliphatic rings. The lowest BCUT2D eigenvalue weighted by atomic mass is 10.2. The zero-order chi connectivity index (χ0) is 13.1. The number of carbonyl (C=O) groups excluding carboxylic acids is 2. The van der Waals surface area contributed by atoms with Gasteiger partial charge in [-0.15, -0.1) is 0 Å². The van der Waals surface area contributed by atoms with Crippen molar-refractivity contribution in [2.24, 2.45) is 5.73 Å². The minimum Gasteiger partial charge on any atom is -0.331 e. The van der Waals surface area contributed by atoms with E-state index in [9.17, 15) is 9.59 Å². The quantitative estimate of drug-likeness (QED) is 0.741. The van der Waals surface area contributed by atoms with Gasteiger partial charge in [-0.3, -0.25) is 14.6 Å². The first-order chi connectivity index (χ1) is 8.59. The van der Waals surface area contributed by atoms with Crippen LogP contribution in [-0.4, -0.2) is 45.2 Å². The molecule has 0 unspecified atom stereocenters. The highest BCUT2D eigenvalue weighted by atomic mass is 16.2. The van der Waals surface area contributed by atoms with Gasteiger partial charge in [0, 0.05) is 18.4 Å². The van der Waals surface area contributed by atoms with Crippen molar-refractivity contribution in [1.82, 2.24) is 14.9 Å². The molecule has 1 aliphatic carbocycles. The van der Waals surface area contributed by atoms with Crippen molar-refractivity contribution >= 4 is 11.7 Å². The van der Waals surface area contributed by atoms with E-state index in [2.05, 4.69) is 9.97 Å². The van der Waals surface area contributed by atoms with Gasteiger partial charge < -0.3 is 10.6 Å². The van der Waals surface area contributed by atoms with Gasteiger partial charge in [-0.25, -0.2) is 4.98 Å². The third kappa shape index (κ3) is 2.89. The minimum atomic E-state index is -0.583. The van der Waals surface area contributed by atoms with Crippen molar-refractivity contribution in [3.8, 4) is 0 Å². The standard InChI is InChI=1S/C12H16N4O2/c1-8(13)12(18)16(9-2-3-9)7-11(17)10-6-14-4-5-15-10/h4-6,8-9H,2-3,7,13H2,1H3/t8-/m0/s1. The summed E-state index contributed by atoms with van der Waals surface area (Å²) in [5, 5.41) is 0. The van der Waals surface area contributed by atoms with Crippen LogP contribution in [0.15, 0.2) is 18.6 Å². The van der Waals surface area contributed by atoms with E-state index in [1.807, 2.05) is 0 Å². The molecule has 0 aromatic carbocycles. The van der Waals surface area contributed by atoms with Crippen LogP contribution in [0.2, 0.25) is 0 Å². The summed E-state index contributed by atoms with van der Waals surface area (Å²) in [5.74, 6) is -0.390. The van der Waals surface area contributed by atoms with Crippen LogP contribution in [0.1, 0.15) is 30.3 Å². The Morgan fingerprint density at radius 2 is 2.22 bits per heavy atom. The summed E-state index contributed by atoms with van der Waals surface area (Å²) in [5.41, 5.74) is 5.86. The number of rotatable bonds is 5. The Hall–Kier alpha value is -1.82. The highest BCUT2D eigenvalue weighted by Gasteiger charge is 2.35. The van der Waals surface area contributed by atoms with E-state index in [0.717, 1.165) is 12.8 Å². The number of nitrogens with zero attached hydrogens (tertiary/aromatic N) is 3. The Balaban J connectivity index is 2.06. The fraction of sp³-hybridized carbons (Fsp3) is 0.500. The average molecular weight is 248 g/mol. The molecule has 0 radical (unpaired) electrons. The Kier molecular flexibility index (Phi) is 3.66. The molecule has 1 amide bonds. The molecular weight excluding hydrogens is 232 g/mol. The highest BCUT2D eigenvalue weighted by molar-refractivity contribution is 5.98. The zero-order valence-electron chi connectivity index (χ0n) is 10.2. The summed E-state index contributed by atoms with van der Waals surface area (Å²) in [6.07, 6.45) is 6.24. The van der Waals surface area contributed by atoms with Gasteiger partial charge in [-0.1, -0.05) is 0 Å². The van der Waals surface area contributed by atoms with Gasteiger partial charge in [0.25, 0.3) is 0 Å². The molecular formula is C12H16N4O2. The zero-order valence-corrected chi connectivity index (χ0v) is 10.2. The van der Waals surface area contributed by atoms with Crippen LogP contribution in [-0.2, 0) is 4.79 Å². The van der Waals surface area contributed by atoms with E-state index in [4.69, 9.17) is 5.73 Å². The Bertz CT molecular complexity index is 443. The van der Waals surface area contributed by atoms with Crippen molar-refractivity contribution in [2.75, 3.05) is 6.54 Å². The van der Waals surface area contributed by atoms with E-state index >= 15 is 0 Å². The predicted molar refractivity (Wildman–Crippen MR) is 64.7 cm³/mol. The summed E-state index contributed by atoms with van der Waals surface area (Å²) >= 11 is 0. The number of aromatic nitrogens is 2. The molecule has 96 valence electrons. The summed E-state index contributed by atoms with van der Waals surface area (Å²) in [7, 11) is 0. The van der Waals surface area contributed by atoms with Gasteiger partial charge >= 0.3 is 0 Å². The minimum absolute atomic E-state index is 0.0315. The Morgan fingerprint density at radius 1 is 1.50 bits per heavy atom. The lowest BCUT2D eigenvalue weighted by Crippen LogP contribution is -2.45. The number of Topliss-reactive ketones (excluding diaryl/α,β-unsaturated/α-hetero) is 1. The molecule has 1 fully saturated rings. The molecule has 0 spiro atoms. The number of hydrogen-bond acceptors (Lipinski definition) is 5. The molecule has 1 saturated carbocycles. The topological polar surface area (TPSA) is 89.2 Å². The lowest BCUT2D eigenvalue weighted by Gasteiger charge is -2.23. The third-order valence-corrected chi connectivity index (χ3v) is 2.82. The second kappa shape index (κ2) is 5.22. The second-order valence-corrected chi connectivity index (χ2v) is 4.50. The molecule has 1 heterocycles. The van der Waals surface area contributed by atoms with Gasteiger partial charge in [0.05, 0.1) is 18.8 Å². The van der Waals surface area contributed by atoms with Crippen LogP contribution in [0.3, 0.4) is 0 Å². The van der Waals surface area contributed by atoms with Crippen molar-refractivity contribution in [3.63, 3.8) is 0 Å². The van der Waals surface area contributed by atoms with E-state index in [0.29, 0.717) is 0 Å². The maximum atomic E-state index is 12.0. The molecule has 0 saturated heterocycles. The molecule has 1 aromatic rings. The summed E-state index contributed by atoms with van der Waals surface area (Å²) in [6, 6.07) is -0.427. The lowest BCUT2D eigenvalue weighted by molar-refractivity contribution is -0.132. The number of hydrogen-bond donors (Lipinski definition) is 1. The van der Waals surface area contributed by atoms with Gasteiger partial charge in [0.1, 0.15) is 5.69 Å². The predicted octanol–water partition coefficient (Wildman–Crippen LogP) is -0.00250. The van der Waals surface area contributed by atoms with E-state index < -0.39 is 6.04 Å². The SMILES string of the molecule is C[C@H](N)C(=O)N(CC(=O)c1cnccn1)C1CC1. The van der Waals surface area contributed by atoms with Crippen LogP contribution in [0, 0.1) is 0 Å². The van der Waals surface area contributed by atoms with Crippen molar-refractivity contribution in [2.45, 2.75) is 31.8 Å². The maximum Gasteiger partial charge on any atom is 0.239 e. The number of carbonyl (C=O) groups is 2. The van der Waals surface area contributed by atoms with E-state index in [1.165, 1.54) is 18.6 Å². The van der Waals surface area contributed by atoms with Crippen LogP contribution in [0.25, 0.3) is 0 Å². The molecule has 1 aromatic heterocycles. The molecule has 2 N–H and O–H groups in total. The normalized spacial score (nSPS) is 16.1. The molecule has 2 rings (SSSR count). The van der Waals surface area contributed by atoms with Gasteiger partial charge in [-0.05, 0) is 19.8 Å². The molecule has 1 atom stereocenters. The average Bonchev–Trinajstić information content (AvgIpc) is 3.20. The van der Waals surface area contributed by atoms with E-state index in [-0.39, 0.29) is 30.0 Å². The van der Waals surface area contributed by atoms with Gasteiger partial charge in [-0.2, -0.15) is 0 Å². The fourth-order valence-electron chi connectivity index (χ4n) is 1.71. The first-order valence-electron chi connectivity index (χ1n) is 5.95. The molecule has 18 heavy (non-hydrogen) atoms. The van der Waals surface area contributed by atoms with Gasteiger partial charge in [0.2, 0.25) is 11.7 Å². The second-order valence-electron chi connectivity index (χ2n) is 4.50. The van der Waals surface area contributed by atoms with E-state index in [1.54, 1.807) is 11.8 Å². The summed E-state index contributed by atoms with van der Waals surface area (Å²) in [4.78, 5) is 33.2. The van der Waals surface area contributed by atoms with Crippen LogP contribution in [0.5, 0.6) is 0 Å². The Morgan fingerprint density at radius 3 is 2.72 bits per heavy atom. The first-order valence-corrected chi connectivity index (χ1v) is 5.95. The van der Waals surface area contributed by atoms with Crippen LogP contribution >= 0.6 is 0 Å².